The van der Waals surface area contributed by atoms with Crippen LogP contribution in [0.25, 0.3) is 0 Å². The number of rotatable bonds is 8. The fourth-order valence-corrected chi connectivity index (χ4v) is 4.59. The molecule has 0 aromatic rings. The van der Waals surface area contributed by atoms with Crippen LogP contribution in [0.5, 0.6) is 0 Å². The van der Waals surface area contributed by atoms with Gasteiger partial charge in [-0.25, -0.2) is 0 Å². The number of hydrogen-bond acceptors (Lipinski definition) is 1. The minimum atomic E-state index is 0.719. The Labute approximate surface area is 138 Å². The monoisotopic (exact) mass is 304 g/mol. The molecule has 0 saturated heterocycles. The number of allylic oxidation sites excluding steroid dienone is 2. The first-order chi connectivity index (χ1) is 10.8. The Morgan fingerprint density at radius 2 is 1.50 bits per heavy atom. The van der Waals surface area contributed by atoms with Crippen LogP contribution in [0.1, 0.15) is 71.1 Å². The van der Waals surface area contributed by atoms with Crippen molar-refractivity contribution in [3.8, 4) is 0 Å². The maximum absolute atomic E-state index is 5.64. The Morgan fingerprint density at radius 1 is 0.909 bits per heavy atom. The van der Waals surface area contributed by atoms with Crippen LogP contribution in [0, 0.1) is 23.7 Å². The molecule has 2 fully saturated rings. The van der Waals surface area contributed by atoms with E-state index in [1.165, 1.54) is 64.2 Å². The third kappa shape index (κ3) is 5.91. The summed E-state index contributed by atoms with van der Waals surface area (Å²) >= 11 is 0. The lowest BCUT2D eigenvalue weighted by Gasteiger charge is -2.37. The second-order valence-electron chi connectivity index (χ2n) is 7.53. The predicted octanol–water partition coefficient (Wildman–Crippen LogP) is 6.16. The molecular formula is C21H36O. The largest absolute Gasteiger partial charge is 0.377 e. The van der Waals surface area contributed by atoms with Gasteiger partial charge < -0.3 is 4.74 Å². The van der Waals surface area contributed by atoms with Crippen molar-refractivity contribution in [1.82, 2.24) is 0 Å². The Balaban J connectivity index is 1.61. The van der Waals surface area contributed by atoms with Crippen molar-refractivity contribution in [3.05, 3.63) is 24.8 Å². The Kier molecular flexibility index (Phi) is 8.30. The van der Waals surface area contributed by atoms with Gasteiger partial charge in [0.1, 0.15) is 0 Å². The molecule has 2 saturated carbocycles. The lowest BCUT2D eigenvalue weighted by molar-refractivity contribution is 0.0781. The maximum atomic E-state index is 5.64. The molecule has 2 aliphatic carbocycles. The van der Waals surface area contributed by atoms with Crippen LogP contribution in [0.15, 0.2) is 24.8 Å². The van der Waals surface area contributed by atoms with E-state index >= 15 is 0 Å². The van der Waals surface area contributed by atoms with Crippen molar-refractivity contribution >= 4 is 0 Å². The molecule has 22 heavy (non-hydrogen) atoms. The Bertz CT molecular complexity index is 317. The van der Waals surface area contributed by atoms with Crippen LogP contribution in [0.2, 0.25) is 0 Å². The SMILES string of the molecule is C=CCOCC1CCC([C@H]2CC[C@H](CC/C=C/C)CC2)CC1. The molecule has 0 N–H and O–H groups in total. The van der Waals surface area contributed by atoms with E-state index in [0.29, 0.717) is 0 Å². The second-order valence-corrected chi connectivity index (χ2v) is 7.53. The van der Waals surface area contributed by atoms with Crippen molar-refractivity contribution in [2.75, 3.05) is 13.2 Å². The number of hydrogen-bond donors (Lipinski definition) is 0. The first-order valence-corrected chi connectivity index (χ1v) is 9.63. The summed E-state index contributed by atoms with van der Waals surface area (Å²) in [4.78, 5) is 0. The van der Waals surface area contributed by atoms with E-state index < -0.39 is 0 Å². The molecule has 1 heteroatoms. The summed E-state index contributed by atoms with van der Waals surface area (Å²) in [6.07, 6.45) is 20.8. The van der Waals surface area contributed by atoms with Crippen molar-refractivity contribution < 1.29 is 4.74 Å². The first kappa shape index (κ1) is 17.8. The van der Waals surface area contributed by atoms with E-state index in [-0.39, 0.29) is 0 Å². The summed E-state index contributed by atoms with van der Waals surface area (Å²) < 4.78 is 5.64. The molecule has 0 unspecified atom stereocenters. The van der Waals surface area contributed by atoms with Crippen LogP contribution in [0.4, 0.5) is 0 Å². The van der Waals surface area contributed by atoms with E-state index in [9.17, 15) is 0 Å². The molecule has 0 amide bonds. The fraction of sp³-hybridized carbons (Fsp3) is 0.810. The van der Waals surface area contributed by atoms with Gasteiger partial charge >= 0.3 is 0 Å². The average Bonchev–Trinajstić information content (AvgIpc) is 2.57. The average molecular weight is 305 g/mol. The van der Waals surface area contributed by atoms with Crippen molar-refractivity contribution in [3.63, 3.8) is 0 Å². The summed E-state index contributed by atoms with van der Waals surface area (Å²) in [5, 5.41) is 0. The van der Waals surface area contributed by atoms with Gasteiger partial charge in [-0.2, -0.15) is 0 Å². The smallest absolute Gasteiger partial charge is 0.0644 e. The molecule has 0 spiro atoms. The summed E-state index contributed by atoms with van der Waals surface area (Å²) in [6.45, 7) is 7.53. The second kappa shape index (κ2) is 10.3. The minimum absolute atomic E-state index is 0.719. The van der Waals surface area contributed by atoms with Gasteiger partial charge in [0.05, 0.1) is 6.61 Å². The quantitative estimate of drug-likeness (QED) is 0.385. The molecule has 2 aliphatic rings. The van der Waals surface area contributed by atoms with Crippen molar-refractivity contribution in [1.29, 1.82) is 0 Å². The van der Waals surface area contributed by atoms with E-state index in [4.69, 9.17) is 4.74 Å². The molecular weight excluding hydrogens is 268 g/mol. The predicted molar refractivity (Wildman–Crippen MR) is 96.0 cm³/mol. The number of ether oxygens (including phenoxy) is 1. The minimum Gasteiger partial charge on any atom is -0.377 e. The van der Waals surface area contributed by atoms with E-state index in [1.807, 2.05) is 6.08 Å². The first-order valence-electron chi connectivity index (χ1n) is 9.63. The standard InChI is InChI=1S/C21H36O/c1-3-5-6-7-18-8-12-20(13-9-18)21-14-10-19(11-15-21)17-22-16-4-2/h3-5,18-21H,2,6-17H2,1H3/b5-3+/t18-,19?,20-,21?. The van der Waals surface area contributed by atoms with Gasteiger partial charge in [-0.1, -0.05) is 31.1 Å². The fourth-order valence-electron chi connectivity index (χ4n) is 4.59. The molecule has 0 aromatic carbocycles. The Morgan fingerprint density at radius 3 is 2.05 bits per heavy atom. The highest BCUT2D eigenvalue weighted by molar-refractivity contribution is 4.84. The third-order valence-corrected chi connectivity index (χ3v) is 6.02. The van der Waals surface area contributed by atoms with Crippen LogP contribution >= 0.6 is 0 Å². The van der Waals surface area contributed by atoms with Gasteiger partial charge in [-0.15, -0.1) is 6.58 Å². The topological polar surface area (TPSA) is 9.23 Å². The lowest BCUT2D eigenvalue weighted by atomic mass is 9.69. The molecule has 1 nitrogen and oxygen atoms in total. The lowest BCUT2D eigenvalue weighted by Crippen LogP contribution is -2.27. The molecule has 0 aliphatic heterocycles. The zero-order chi connectivity index (χ0) is 15.6. The van der Waals surface area contributed by atoms with Gasteiger partial charge in [-0.3, -0.25) is 0 Å². The summed E-state index contributed by atoms with van der Waals surface area (Å²) in [6, 6.07) is 0. The van der Waals surface area contributed by atoms with Crippen LogP contribution in [0.3, 0.4) is 0 Å². The van der Waals surface area contributed by atoms with Crippen molar-refractivity contribution in [2.45, 2.75) is 71.1 Å². The van der Waals surface area contributed by atoms with Gasteiger partial charge in [0.15, 0.2) is 0 Å². The van der Waals surface area contributed by atoms with Crippen molar-refractivity contribution in [2.24, 2.45) is 23.7 Å². The molecule has 126 valence electrons. The summed E-state index contributed by atoms with van der Waals surface area (Å²) in [7, 11) is 0. The highest BCUT2D eigenvalue weighted by atomic mass is 16.5. The Hall–Kier alpha value is -0.560. The van der Waals surface area contributed by atoms with Gasteiger partial charge in [0.25, 0.3) is 0 Å². The van der Waals surface area contributed by atoms with E-state index in [1.54, 1.807) is 0 Å². The molecule has 0 bridgehead atoms. The van der Waals surface area contributed by atoms with Crippen LogP contribution < -0.4 is 0 Å². The molecule has 0 heterocycles. The van der Waals surface area contributed by atoms with Crippen LogP contribution in [-0.4, -0.2) is 13.2 Å². The zero-order valence-corrected chi connectivity index (χ0v) is 14.6. The van der Waals surface area contributed by atoms with Gasteiger partial charge in [-0.05, 0) is 82.0 Å². The highest BCUT2D eigenvalue weighted by Crippen LogP contribution is 2.42. The summed E-state index contributed by atoms with van der Waals surface area (Å²) in [5.74, 6) is 3.88. The summed E-state index contributed by atoms with van der Waals surface area (Å²) in [5.41, 5.74) is 0. The molecule has 2 rings (SSSR count). The van der Waals surface area contributed by atoms with E-state index in [0.717, 1.165) is 36.9 Å². The maximum Gasteiger partial charge on any atom is 0.0644 e. The van der Waals surface area contributed by atoms with Gasteiger partial charge in [0, 0.05) is 6.61 Å². The van der Waals surface area contributed by atoms with Gasteiger partial charge in [0.2, 0.25) is 0 Å². The zero-order valence-electron chi connectivity index (χ0n) is 14.6. The van der Waals surface area contributed by atoms with E-state index in [2.05, 4.69) is 25.7 Å². The highest BCUT2D eigenvalue weighted by Gasteiger charge is 2.30. The molecule has 0 aromatic heterocycles. The molecule has 0 atom stereocenters. The molecule has 0 radical (unpaired) electrons. The third-order valence-electron chi connectivity index (χ3n) is 6.02. The normalized spacial score (nSPS) is 33.1. The van der Waals surface area contributed by atoms with Crippen LogP contribution in [-0.2, 0) is 4.74 Å².